The van der Waals surface area contributed by atoms with Gasteiger partial charge in [-0.2, -0.15) is 0 Å². The van der Waals surface area contributed by atoms with E-state index in [9.17, 15) is 0 Å². The highest BCUT2D eigenvalue weighted by Crippen LogP contribution is 2.21. The second kappa shape index (κ2) is 5.59. The first-order valence-electron chi connectivity index (χ1n) is 6.12. The monoisotopic (exact) mass is 283 g/mol. The molecule has 1 heterocycles. The Hall–Kier alpha value is -1.58. The third kappa shape index (κ3) is 2.72. The molecule has 0 aliphatic rings. The Labute approximate surface area is 122 Å². The molecule has 19 heavy (non-hydrogen) atoms. The van der Waals surface area contributed by atoms with E-state index in [-0.39, 0.29) is 0 Å². The van der Waals surface area contributed by atoms with E-state index in [1.807, 2.05) is 24.4 Å². The maximum atomic E-state index is 5.53. The fourth-order valence-corrected chi connectivity index (χ4v) is 3.15. The van der Waals surface area contributed by atoms with Crippen molar-refractivity contribution >= 4 is 39.2 Å². The molecule has 2 aromatic carbocycles. The van der Waals surface area contributed by atoms with Crippen LogP contribution < -0.4 is 0 Å². The second-order valence-electron chi connectivity index (χ2n) is 4.28. The van der Waals surface area contributed by atoms with Crippen LogP contribution in [0.25, 0.3) is 10.9 Å². The molecule has 0 saturated carbocycles. The molecule has 0 bridgehead atoms. The first-order chi connectivity index (χ1) is 9.34. The van der Waals surface area contributed by atoms with Gasteiger partial charge in [0, 0.05) is 11.9 Å². The molecule has 0 fully saturated rings. The van der Waals surface area contributed by atoms with Crippen molar-refractivity contribution in [3.05, 3.63) is 72.4 Å². The summed E-state index contributed by atoms with van der Waals surface area (Å²) in [4.78, 5) is 0. The van der Waals surface area contributed by atoms with Crippen molar-refractivity contribution in [1.29, 1.82) is 0 Å². The Morgan fingerprint density at radius 1 is 0.947 bits per heavy atom. The van der Waals surface area contributed by atoms with E-state index in [0.717, 1.165) is 10.1 Å². The largest absolute Gasteiger partial charge is 0.302 e. The van der Waals surface area contributed by atoms with Crippen LogP contribution in [0.1, 0.15) is 5.56 Å². The number of benzene rings is 2. The Bertz CT molecular complexity index is 701. The molecular formula is C16H13NS2. The van der Waals surface area contributed by atoms with Gasteiger partial charge in [-0.3, -0.25) is 0 Å². The van der Waals surface area contributed by atoms with Gasteiger partial charge in [0.05, 0.1) is 5.52 Å². The van der Waals surface area contributed by atoms with Crippen molar-refractivity contribution in [2.24, 2.45) is 0 Å². The second-order valence-corrected chi connectivity index (χ2v) is 5.89. The van der Waals surface area contributed by atoms with Crippen LogP contribution in [-0.4, -0.2) is 8.89 Å². The summed E-state index contributed by atoms with van der Waals surface area (Å²) in [5.74, 6) is 0.909. The Morgan fingerprint density at radius 3 is 2.53 bits per heavy atom. The number of rotatable bonds is 2. The van der Waals surface area contributed by atoms with Crippen molar-refractivity contribution in [2.45, 2.75) is 5.75 Å². The molecule has 0 aliphatic heterocycles. The minimum absolute atomic E-state index is 0.894. The molecule has 0 spiro atoms. The zero-order valence-electron chi connectivity index (χ0n) is 10.3. The Morgan fingerprint density at radius 2 is 1.68 bits per heavy atom. The molecule has 1 aromatic heterocycles. The summed E-state index contributed by atoms with van der Waals surface area (Å²) >= 11 is 7.22. The Kier molecular flexibility index (Phi) is 3.67. The average Bonchev–Trinajstić information content (AvgIpc) is 2.90. The molecule has 0 aliphatic carbocycles. The molecule has 3 heteroatoms. The van der Waals surface area contributed by atoms with Crippen LogP contribution in [0, 0.1) is 0 Å². The summed E-state index contributed by atoms with van der Waals surface area (Å²) in [6.45, 7) is 0. The van der Waals surface area contributed by atoms with Gasteiger partial charge in [0.25, 0.3) is 0 Å². The first-order valence-corrected chi connectivity index (χ1v) is 7.51. The van der Waals surface area contributed by atoms with E-state index >= 15 is 0 Å². The molecule has 0 amide bonds. The van der Waals surface area contributed by atoms with E-state index in [2.05, 4.69) is 47.0 Å². The van der Waals surface area contributed by atoms with Gasteiger partial charge in [-0.05, 0) is 23.1 Å². The number of para-hydroxylation sites is 1. The molecule has 0 saturated heterocycles. The van der Waals surface area contributed by atoms with Crippen LogP contribution in [0.2, 0.25) is 0 Å². The van der Waals surface area contributed by atoms with Gasteiger partial charge in [-0.25, -0.2) is 0 Å². The molecule has 0 N–H and O–H groups in total. The molecule has 3 rings (SSSR count). The van der Waals surface area contributed by atoms with Gasteiger partial charge in [0.15, 0.2) is 0 Å². The van der Waals surface area contributed by atoms with E-state index in [4.69, 9.17) is 12.2 Å². The number of fused-ring (bicyclic) bond motifs is 1. The van der Waals surface area contributed by atoms with Crippen LogP contribution in [-0.2, 0) is 5.75 Å². The van der Waals surface area contributed by atoms with Crippen molar-refractivity contribution in [3.8, 4) is 0 Å². The van der Waals surface area contributed by atoms with E-state index in [1.165, 1.54) is 16.5 Å². The highest BCUT2D eigenvalue weighted by atomic mass is 32.2. The van der Waals surface area contributed by atoms with Crippen LogP contribution in [0.5, 0.6) is 0 Å². The fourth-order valence-electron chi connectivity index (χ4n) is 2.03. The zero-order valence-corrected chi connectivity index (χ0v) is 12.0. The van der Waals surface area contributed by atoms with Gasteiger partial charge in [0.1, 0.15) is 4.32 Å². The summed E-state index contributed by atoms with van der Waals surface area (Å²) in [6, 6.07) is 20.8. The number of aromatic nitrogens is 1. The average molecular weight is 283 g/mol. The predicted molar refractivity (Wildman–Crippen MR) is 87.7 cm³/mol. The van der Waals surface area contributed by atoms with Crippen molar-refractivity contribution in [2.75, 3.05) is 0 Å². The third-order valence-electron chi connectivity index (χ3n) is 3.00. The molecule has 0 unspecified atom stereocenters. The fraction of sp³-hybridized carbons (Fsp3) is 0.0625. The first kappa shape index (κ1) is 12.5. The SMILES string of the molecule is S=C(SCc1ccccc1)n1ccc2ccccc21. The standard InChI is InChI=1S/C16H13NS2/c18-16(19-12-13-6-2-1-3-7-13)17-11-10-14-8-4-5-9-15(14)17/h1-11H,12H2. The summed E-state index contributed by atoms with van der Waals surface area (Å²) in [5, 5.41) is 1.23. The zero-order chi connectivity index (χ0) is 13.1. The quantitative estimate of drug-likeness (QED) is 0.628. The number of hydrogen-bond acceptors (Lipinski definition) is 2. The minimum Gasteiger partial charge on any atom is -0.302 e. The summed E-state index contributed by atoms with van der Waals surface area (Å²) in [7, 11) is 0. The molecular weight excluding hydrogens is 270 g/mol. The van der Waals surface area contributed by atoms with Crippen LogP contribution in [0.4, 0.5) is 0 Å². The van der Waals surface area contributed by atoms with E-state index < -0.39 is 0 Å². The van der Waals surface area contributed by atoms with Crippen LogP contribution >= 0.6 is 24.0 Å². The van der Waals surface area contributed by atoms with E-state index in [1.54, 1.807) is 11.8 Å². The minimum atomic E-state index is 0.894. The van der Waals surface area contributed by atoms with Gasteiger partial charge in [0.2, 0.25) is 0 Å². The number of thioether (sulfide) groups is 1. The molecule has 0 atom stereocenters. The molecule has 0 radical (unpaired) electrons. The summed E-state index contributed by atoms with van der Waals surface area (Å²) in [5.41, 5.74) is 2.47. The van der Waals surface area contributed by atoms with Crippen LogP contribution in [0.15, 0.2) is 66.9 Å². The smallest absolute Gasteiger partial charge is 0.145 e. The van der Waals surface area contributed by atoms with Gasteiger partial charge < -0.3 is 4.57 Å². The van der Waals surface area contributed by atoms with E-state index in [0.29, 0.717) is 0 Å². The number of nitrogens with zero attached hydrogens (tertiary/aromatic N) is 1. The third-order valence-corrected chi connectivity index (χ3v) is 4.47. The summed E-state index contributed by atoms with van der Waals surface area (Å²) < 4.78 is 2.98. The topological polar surface area (TPSA) is 4.93 Å². The lowest BCUT2D eigenvalue weighted by Crippen LogP contribution is -2.03. The van der Waals surface area contributed by atoms with Crippen molar-refractivity contribution in [3.63, 3.8) is 0 Å². The van der Waals surface area contributed by atoms with Crippen molar-refractivity contribution < 1.29 is 0 Å². The van der Waals surface area contributed by atoms with Crippen LogP contribution in [0.3, 0.4) is 0 Å². The number of hydrogen-bond donors (Lipinski definition) is 0. The normalized spacial score (nSPS) is 10.7. The lowest BCUT2D eigenvalue weighted by molar-refractivity contribution is 1.28. The maximum Gasteiger partial charge on any atom is 0.145 e. The van der Waals surface area contributed by atoms with Crippen molar-refractivity contribution in [1.82, 2.24) is 4.57 Å². The van der Waals surface area contributed by atoms with Gasteiger partial charge in [-0.1, -0.05) is 72.5 Å². The maximum absolute atomic E-state index is 5.53. The lowest BCUT2D eigenvalue weighted by Gasteiger charge is -2.06. The lowest BCUT2D eigenvalue weighted by atomic mass is 10.2. The van der Waals surface area contributed by atoms with Gasteiger partial charge in [-0.15, -0.1) is 0 Å². The summed E-state index contributed by atoms with van der Waals surface area (Å²) in [6.07, 6.45) is 2.05. The highest BCUT2D eigenvalue weighted by molar-refractivity contribution is 8.22. The number of thiocarbonyl (C=S) groups is 1. The highest BCUT2D eigenvalue weighted by Gasteiger charge is 2.05. The van der Waals surface area contributed by atoms with Gasteiger partial charge >= 0.3 is 0 Å². The Balaban J connectivity index is 1.77. The molecule has 94 valence electrons. The molecule has 3 aromatic rings. The predicted octanol–water partition coefficient (Wildman–Crippen LogP) is 4.71. The molecule has 1 nitrogen and oxygen atoms in total.